The first-order valence-electron chi connectivity index (χ1n) is 8.18. The number of nitrogens with one attached hydrogen (secondary N) is 2. The number of hydrogen-bond donors (Lipinski definition) is 3. The second-order valence-corrected chi connectivity index (χ2v) is 5.93. The summed E-state index contributed by atoms with van der Waals surface area (Å²) in [7, 11) is 0. The highest BCUT2D eigenvalue weighted by Crippen LogP contribution is 2.14. The molecule has 0 fully saturated rings. The zero-order valence-electron chi connectivity index (χ0n) is 14.3. The minimum absolute atomic E-state index is 0.0786. The Bertz CT molecular complexity index is 808. The summed E-state index contributed by atoms with van der Waals surface area (Å²) in [5, 5.41) is 14.4. The van der Waals surface area contributed by atoms with Crippen LogP contribution in [0, 0.1) is 0 Å². The van der Waals surface area contributed by atoms with Gasteiger partial charge in [-0.1, -0.05) is 25.5 Å². The van der Waals surface area contributed by atoms with Crippen molar-refractivity contribution >= 4 is 34.9 Å². The summed E-state index contributed by atoms with van der Waals surface area (Å²) in [5.74, 6) is -0.791. The van der Waals surface area contributed by atoms with E-state index in [1.807, 2.05) is 0 Å². The van der Waals surface area contributed by atoms with Crippen molar-refractivity contribution in [3.05, 3.63) is 59.7 Å². The van der Waals surface area contributed by atoms with Crippen molar-refractivity contribution in [2.45, 2.75) is 19.8 Å². The van der Waals surface area contributed by atoms with Gasteiger partial charge in [-0.15, -0.1) is 0 Å². The second-order valence-electron chi connectivity index (χ2n) is 5.52. The predicted molar refractivity (Wildman–Crippen MR) is 104 cm³/mol. The van der Waals surface area contributed by atoms with Crippen LogP contribution in [0.5, 0.6) is 5.75 Å². The number of thiocarbonyl (C=S) groups is 1. The fourth-order valence-electron chi connectivity index (χ4n) is 2.13. The van der Waals surface area contributed by atoms with Crippen LogP contribution < -0.4 is 15.4 Å². The van der Waals surface area contributed by atoms with Gasteiger partial charge in [0, 0.05) is 11.3 Å². The molecule has 0 saturated heterocycles. The van der Waals surface area contributed by atoms with Crippen LogP contribution in [0.3, 0.4) is 0 Å². The van der Waals surface area contributed by atoms with Crippen LogP contribution in [-0.2, 0) is 0 Å². The summed E-state index contributed by atoms with van der Waals surface area (Å²) in [6, 6.07) is 13.0. The molecule has 0 aromatic heterocycles. The van der Waals surface area contributed by atoms with E-state index in [1.54, 1.807) is 36.4 Å². The molecule has 0 bridgehead atoms. The monoisotopic (exact) mass is 372 g/mol. The number of amides is 1. The first-order chi connectivity index (χ1) is 12.5. The maximum atomic E-state index is 12.3. The van der Waals surface area contributed by atoms with Gasteiger partial charge in [0.05, 0.1) is 12.2 Å². The Hall–Kier alpha value is -2.93. The summed E-state index contributed by atoms with van der Waals surface area (Å²) in [5.41, 5.74) is 1.02. The maximum Gasteiger partial charge on any atom is 0.335 e. The van der Waals surface area contributed by atoms with Crippen molar-refractivity contribution in [2.24, 2.45) is 0 Å². The third-order valence-corrected chi connectivity index (χ3v) is 3.66. The molecule has 0 atom stereocenters. The molecule has 2 rings (SSSR count). The maximum absolute atomic E-state index is 12.3. The van der Waals surface area contributed by atoms with E-state index in [9.17, 15) is 9.59 Å². The van der Waals surface area contributed by atoms with Crippen molar-refractivity contribution in [3.63, 3.8) is 0 Å². The van der Waals surface area contributed by atoms with Crippen molar-refractivity contribution in [3.8, 4) is 5.75 Å². The van der Waals surface area contributed by atoms with Gasteiger partial charge in [-0.25, -0.2) is 4.79 Å². The molecule has 7 heteroatoms. The first-order valence-corrected chi connectivity index (χ1v) is 8.59. The first kappa shape index (κ1) is 19.4. The Labute approximate surface area is 157 Å². The number of unbranched alkanes of at least 4 members (excludes halogenated alkanes) is 1. The van der Waals surface area contributed by atoms with E-state index in [0.717, 1.165) is 12.8 Å². The SMILES string of the molecule is CCCCOc1cccc(C(=O)NC(=S)Nc2cccc(C(=O)O)c2)c1. The van der Waals surface area contributed by atoms with Crippen LogP contribution in [0.25, 0.3) is 0 Å². The van der Waals surface area contributed by atoms with Gasteiger partial charge in [0.2, 0.25) is 0 Å². The standard InChI is InChI=1S/C19H20N2O4S/c1-2-3-10-25-16-9-5-6-13(12-16)17(22)21-19(26)20-15-8-4-7-14(11-15)18(23)24/h4-9,11-12H,2-3,10H2,1H3,(H,23,24)(H2,20,21,22,26). The lowest BCUT2D eigenvalue weighted by Crippen LogP contribution is -2.34. The van der Waals surface area contributed by atoms with Gasteiger partial charge in [-0.3, -0.25) is 10.1 Å². The Balaban J connectivity index is 1.96. The highest BCUT2D eigenvalue weighted by Gasteiger charge is 2.10. The zero-order chi connectivity index (χ0) is 18.9. The number of rotatable bonds is 7. The fourth-order valence-corrected chi connectivity index (χ4v) is 2.34. The van der Waals surface area contributed by atoms with E-state index in [0.29, 0.717) is 23.6 Å². The second kappa shape index (κ2) is 9.53. The van der Waals surface area contributed by atoms with Gasteiger partial charge < -0.3 is 15.2 Å². The molecule has 1 amide bonds. The summed E-state index contributed by atoms with van der Waals surface area (Å²) >= 11 is 5.12. The van der Waals surface area contributed by atoms with E-state index >= 15 is 0 Å². The predicted octanol–water partition coefficient (Wildman–Crippen LogP) is 3.69. The topological polar surface area (TPSA) is 87.7 Å². The van der Waals surface area contributed by atoms with E-state index < -0.39 is 5.97 Å². The number of carboxylic acids is 1. The summed E-state index contributed by atoms with van der Waals surface area (Å²) in [6.07, 6.45) is 1.98. The summed E-state index contributed by atoms with van der Waals surface area (Å²) in [6.45, 7) is 2.68. The molecule has 26 heavy (non-hydrogen) atoms. The van der Waals surface area contributed by atoms with Gasteiger partial charge >= 0.3 is 5.97 Å². The van der Waals surface area contributed by atoms with Crippen LogP contribution in [-0.4, -0.2) is 28.7 Å². The highest BCUT2D eigenvalue weighted by molar-refractivity contribution is 7.80. The van der Waals surface area contributed by atoms with Crippen LogP contribution in [0.4, 0.5) is 5.69 Å². The normalized spacial score (nSPS) is 10.0. The number of carboxylic acid groups (broad SMARTS) is 1. The molecular weight excluding hydrogens is 352 g/mol. The Morgan fingerprint density at radius 2 is 1.85 bits per heavy atom. The number of carbonyl (C=O) groups is 2. The fraction of sp³-hybridized carbons (Fsp3) is 0.211. The van der Waals surface area contributed by atoms with Crippen molar-refractivity contribution in [2.75, 3.05) is 11.9 Å². The molecule has 0 heterocycles. The average Bonchev–Trinajstić information content (AvgIpc) is 2.62. The van der Waals surface area contributed by atoms with Gasteiger partial charge in [-0.05, 0) is 55.0 Å². The lowest BCUT2D eigenvalue weighted by molar-refractivity contribution is 0.0696. The van der Waals surface area contributed by atoms with Crippen LogP contribution in [0.1, 0.15) is 40.5 Å². The van der Waals surface area contributed by atoms with Crippen molar-refractivity contribution in [1.82, 2.24) is 5.32 Å². The Kier molecular flexibility index (Phi) is 7.11. The number of anilines is 1. The number of carbonyl (C=O) groups excluding carboxylic acids is 1. The van der Waals surface area contributed by atoms with Crippen LogP contribution in [0.15, 0.2) is 48.5 Å². The Morgan fingerprint density at radius 3 is 2.58 bits per heavy atom. The molecule has 2 aromatic carbocycles. The molecule has 0 unspecified atom stereocenters. The molecule has 0 aliphatic heterocycles. The molecular formula is C19H20N2O4S. The molecule has 0 spiro atoms. The summed E-state index contributed by atoms with van der Waals surface area (Å²) in [4.78, 5) is 23.3. The lowest BCUT2D eigenvalue weighted by Gasteiger charge is -2.11. The quantitative estimate of drug-likeness (QED) is 0.507. The van der Waals surface area contributed by atoms with Crippen molar-refractivity contribution < 1.29 is 19.4 Å². The van der Waals surface area contributed by atoms with Crippen LogP contribution >= 0.6 is 12.2 Å². The third kappa shape index (κ3) is 5.86. The number of hydrogen-bond acceptors (Lipinski definition) is 4. The third-order valence-electron chi connectivity index (χ3n) is 3.46. The molecule has 0 aliphatic rings. The number of benzene rings is 2. The minimum atomic E-state index is -1.04. The van der Waals surface area contributed by atoms with Crippen molar-refractivity contribution in [1.29, 1.82) is 0 Å². The molecule has 6 nitrogen and oxygen atoms in total. The van der Waals surface area contributed by atoms with Gasteiger partial charge in [0.1, 0.15) is 5.75 Å². The largest absolute Gasteiger partial charge is 0.494 e. The number of ether oxygens (including phenoxy) is 1. The minimum Gasteiger partial charge on any atom is -0.494 e. The number of aromatic carboxylic acids is 1. The van der Waals surface area contributed by atoms with E-state index in [4.69, 9.17) is 22.1 Å². The van der Waals surface area contributed by atoms with Gasteiger partial charge in [0.15, 0.2) is 5.11 Å². The Morgan fingerprint density at radius 1 is 1.12 bits per heavy atom. The summed E-state index contributed by atoms with van der Waals surface area (Å²) < 4.78 is 5.59. The molecule has 0 saturated carbocycles. The van der Waals surface area contributed by atoms with Gasteiger partial charge in [0.25, 0.3) is 5.91 Å². The molecule has 0 radical (unpaired) electrons. The highest BCUT2D eigenvalue weighted by atomic mass is 32.1. The molecule has 0 aliphatic carbocycles. The zero-order valence-corrected chi connectivity index (χ0v) is 15.1. The molecule has 2 aromatic rings. The average molecular weight is 372 g/mol. The smallest absolute Gasteiger partial charge is 0.335 e. The van der Waals surface area contributed by atoms with Gasteiger partial charge in [-0.2, -0.15) is 0 Å². The van der Waals surface area contributed by atoms with E-state index in [1.165, 1.54) is 12.1 Å². The van der Waals surface area contributed by atoms with Crippen LogP contribution in [0.2, 0.25) is 0 Å². The van der Waals surface area contributed by atoms with E-state index in [2.05, 4.69) is 17.6 Å². The molecule has 3 N–H and O–H groups in total. The molecule has 136 valence electrons. The van der Waals surface area contributed by atoms with E-state index in [-0.39, 0.29) is 16.6 Å². The lowest BCUT2D eigenvalue weighted by atomic mass is 10.2.